The van der Waals surface area contributed by atoms with Crippen LogP contribution in [0.25, 0.3) is 0 Å². The van der Waals surface area contributed by atoms with Crippen molar-refractivity contribution in [2.75, 3.05) is 7.11 Å². The molecule has 0 bridgehead atoms. The Hall–Kier alpha value is -0.940. The van der Waals surface area contributed by atoms with Gasteiger partial charge in [-0.25, -0.2) is 0 Å². The highest BCUT2D eigenvalue weighted by Crippen LogP contribution is 2.38. The third-order valence-corrected chi connectivity index (χ3v) is 2.32. The van der Waals surface area contributed by atoms with Gasteiger partial charge < -0.3 is 4.74 Å². The van der Waals surface area contributed by atoms with Crippen LogP contribution in [0.15, 0.2) is 12.1 Å². The minimum absolute atomic E-state index is 0.0991. The van der Waals surface area contributed by atoms with E-state index < -0.39 is 22.0 Å². The van der Waals surface area contributed by atoms with Gasteiger partial charge in [-0.2, -0.15) is 13.2 Å². The van der Waals surface area contributed by atoms with E-state index in [0.29, 0.717) is 6.07 Å². The molecule has 16 heavy (non-hydrogen) atoms. The molecule has 0 saturated heterocycles. The SMILES string of the molecule is COc1cc(Cl)c(C(F)(F)F)cc1C(=O)Cl. The monoisotopic (exact) mass is 272 g/mol. The maximum Gasteiger partial charge on any atom is 0.417 e. The summed E-state index contributed by atoms with van der Waals surface area (Å²) in [6, 6.07) is 1.47. The lowest BCUT2D eigenvalue weighted by atomic mass is 10.1. The zero-order chi connectivity index (χ0) is 12.5. The minimum atomic E-state index is -4.65. The van der Waals surface area contributed by atoms with Crippen LogP contribution in [0, 0.1) is 0 Å². The average Bonchev–Trinajstić information content (AvgIpc) is 2.14. The number of hydrogen-bond acceptors (Lipinski definition) is 2. The maximum atomic E-state index is 12.4. The first-order valence-electron chi connectivity index (χ1n) is 3.92. The predicted molar refractivity (Wildman–Crippen MR) is 53.2 cm³/mol. The quantitative estimate of drug-likeness (QED) is 0.767. The van der Waals surface area contributed by atoms with Crippen molar-refractivity contribution >= 4 is 28.4 Å². The number of carbonyl (C=O) groups is 1. The smallest absolute Gasteiger partial charge is 0.417 e. The normalized spacial score (nSPS) is 11.4. The molecule has 0 amide bonds. The van der Waals surface area contributed by atoms with Crippen LogP contribution >= 0.6 is 23.2 Å². The Morgan fingerprint density at radius 1 is 1.38 bits per heavy atom. The first kappa shape index (κ1) is 13.1. The van der Waals surface area contributed by atoms with Gasteiger partial charge in [0.05, 0.1) is 23.3 Å². The van der Waals surface area contributed by atoms with E-state index >= 15 is 0 Å². The molecule has 0 spiro atoms. The number of halogens is 5. The van der Waals surface area contributed by atoms with E-state index in [0.717, 1.165) is 6.07 Å². The van der Waals surface area contributed by atoms with Crippen LogP contribution in [-0.2, 0) is 6.18 Å². The molecule has 0 unspecified atom stereocenters. The van der Waals surface area contributed by atoms with Crippen LogP contribution in [0.1, 0.15) is 15.9 Å². The number of carbonyl (C=O) groups excluding carboxylic acids is 1. The lowest BCUT2D eigenvalue weighted by molar-refractivity contribution is -0.137. The molecule has 88 valence electrons. The highest BCUT2D eigenvalue weighted by molar-refractivity contribution is 6.68. The zero-order valence-corrected chi connectivity index (χ0v) is 9.37. The molecule has 0 atom stereocenters. The fourth-order valence-corrected chi connectivity index (χ4v) is 1.50. The molecule has 0 N–H and O–H groups in total. The molecular formula is C9H5Cl2F3O2. The van der Waals surface area contributed by atoms with E-state index in [9.17, 15) is 18.0 Å². The van der Waals surface area contributed by atoms with E-state index in [1.165, 1.54) is 7.11 Å². The molecule has 1 aromatic carbocycles. The molecule has 0 heterocycles. The van der Waals surface area contributed by atoms with E-state index in [2.05, 4.69) is 0 Å². The van der Waals surface area contributed by atoms with Crippen LogP contribution in [0.3, 0.4) is 0 Å². The summed E-state index contributed by atoms with van der Waals surface area (Å²) in [7, 11) is 1.20. The first-order valence-corrected chi connectivity index (χ1v) is 4.67. The van der Waals surface area contributed by atoms with Gasteiger partial charge in [0.1, 0.15) is 5.75 Å². The highest BCUT2D eigenvalue weighted by Gasteiger charge is 2.34. The number of methoxy groups -OCH3 is 1. The Kier molecular flexibility index (Phi) is 3.70. The third kappa shape index (κ3) is 2.59. The molecular weight excluding hydrogens is 268 g/mol. The summed E-state index contributed by atoms with van der Waals surface area (Å²) in [5, 5.41) is -1.59. The van der Waals surface area contributed by atoms with Gasteiger partial charge in [-0.15, -0.1) is 0 Å². The van der Waals surface area contributed by atoms with Gasteiger partial charge in [0.2, 0.25) is 0 Å². The standard InChI is InChI=1S/C9H5Cl2F3O2/c1-16-7-3-6(10)5(9(12,13)14)2-4(7)8(11)15/h2-3H,1H3. The van der Waals surface area contributed by atoms with Crippen molar-refractivity contribution in [3.05, 3.63) is 28.3 Å². The predicted octanol–water partition coefficient (Wildman–Crippen LogP) is 3.75. The second-order valence-electron chi connectivity index (χ2n) is 2.80. The van der Waals surface area contributed by atoms with Crippen molar-refractivity contribution in [3.63, 3.8) is 0 Å². The van der Waals surface area contributed by atoms with Crippen LogP contribution in [0.4, 0.5) is 13.2 Å². The van der Waals surface area contributed by atoms with E-state index in [1.807, 2.05) is 0 Å². The Bertz CT molecular complexity index is 429. The number of benzene rings is 1. The van der Waals surface area contributed by atoms with Crippen LogP contribution in [0.2, 0.25) is 5.02 Å². The minimum Gasteiger partial charge on any atom is -0.496 e. The van der Waals surface area contributed by atoms with Crippen molar-refractivity contribution in [2.45, 2.75) is 6.18 Å². The Morgan fingerprint density at radius 2 is 1.94 bits per heavy atom. The second-order valence-corrected chi connectivity index (χ2v) is 3.55. The van der Waals surface area contributed by atoms with Crippen molar-refractivity contribution in [1.82, 2.24) is 0 Å². The molecule has 0 fully saturated rings. The van der Waals surface area contributed by atoms with Crippen LogP contribution in [-0.4, -0.2) is 12.4 Å². The first-order chi connectivity index (χ1) is 7.27. The fourth-order valence-electron chi connectivity index (χ4n) is 1.09. The Morgan fingerprint density at radius 3 is 2.31 bits per heavy atom. The van der Waals surface area contributed by atoms with Gasteiger partial charge in [-0.1, -0.05) is 11.6 Å². The molecule has 1 aromatic rings. The third-order valence-electron chi connectivity index (χ3n) is 1.81. The van der Waals surface area contributed by atoms with Gasteiger partial charge >= 0.3 is 6.18 Å². The van der Waals surface area contributed by atoms with Crippen molar-refractivity contribution in [3.8, 4) is 5.75 Å². The Balaban J connectivity index is 3.45. The summed E-state index contributed by atoms with van der Waals surface area (Å²) in [5.74, 6) is -0.0991. The van der Waals surface area contributed by atoms with Gasteiger partial charge in [0.25, 0.3) is 5.24 Å². The highest BCUT2D eigenvalue weighted by atomic mass is 35.5. The number of rotatable bonds is 2. The number of ether oxygens (including phenoxy) is 1. The summed E-state index contributed by atoms with van der Waals surface area (Å²) >= 11 is 10.5. The molecule has 2 nitrogen and oxygen atoms in total. The maximum absolute atomic E-state index is 12.4. The molecule has 0 aliphatic carbocycles. The van der Waals surface area contributed by atoms with E-state index in [1.54, 1.807) is 0 Å². The van der Waals surface area contributed by atoms with Gasteiger partial charge in [-0.3, -0.25) is 4.79 Å². The summed E-state index contributed by atoms with van der Waals surface area (Å²) < 4.78 is 42.0. The zero-order valence-electron chi connectivity index (χ0n) is 7.86. The fraction of sp³-hybridized carbons (Fsp3) is 0.222. The topological polar surface area (TPSA) is 26.3 Å². The van der Waals surface area contributed by atoms with Crippen LogP contribution < -0.4 is 4.74 Å². The van der Waals surface area contributed by atoms with Crippen LogP contribution in [0.5, 0.6) is 5.75 Å². The number of hydrogen-bond donors (Lipinski definition) is 0. The van der Waals surface area contributed by atoms with Crippen molar-refractivity contribution in [1.29, 1.82) is 0 Å². The average molecular weight is 273 g/mol. The Labute approximate surface area is 98.9 Å². The lowest BCUT2D eigenvalue weighted by Crippen LogP contribution is -2.08. The molecule has 7 heteroatoms. The molecule has 0 radical (unpaired) electrons. The summed E-state index contributed by atoms with van der Waals surface area (Å²) in [6.45, 7) is 0. The molecule has 0 aromatic heterocycles. The van der Waals surface area contributed by atoms with E-state index in [4.69, 9.17) is 27.9 Å². The van der Waals surface area contributed by atoms with Gasteiger partial charge in [-0.05, 0) is 17.7 Å². The van der Waals surface area contributed by atoms with Gasteiger partial charge in [0.15, 0.2) is 0 Å². The molecule has 1 rings (SSSR count). The van der Waals surface area contributed by atoms with Crippen molar-refractivity contribution < 1.29 is 22.7 Å². The second kappa shape index (κ2) is 4.51. The van der Waals surface area contributed by atoms with Crippen molar-refractivity contribution in [2.24, 2.45) is 0 Å². The molecule has 0 saturated carbocycles. The van der Waals surface area contributed by atoms with E-state index in [-0.39, 0.29) is 11.3 Å². The molecule has 0 aliphatic rings. The summed E-state index contributed by atoms with van der Waals surface area (Å²) in [6.07, 6.45) is -4.65. The number of alkyl halides is 3. The summed E-state index contributed by atoms with van der Waals surface area (Å²) in [5.41, 5.74) is -1.50. The lowest BCUT2D eigenvalue weighted by Gasteiger charge is -2.12. The molecule has 0 aliphatic heterocycles. The summed E-state index contributed by atoms with van der Waals surface area (Å²) in [4.78, 5) is 10.9. The largest absolute Gasteiger partial charge is 0.496 e. The van der Waals surface area contributed by atoms with Gasteiger partial charge in [0, 0.05) is 6.07 Å².